The van der Waals surface area contributed by atoms with Gasteiger partial charge in [0.05, 0.1) is 12.2 Å². The number of aryl methyl sites for hydroxylation is 3. The standard InChI is InChI=1S/C31H31F3N6O2S/c1-20-16-21(2)28(22(3)17-20)39-14-15-43-30(39)37-27(41)18-35-13-12-23-4-6-24(7-5-23)29-36-19-40(38-29)25-8-10-26(11-9-25)42-31(32,33)34/h4-11,16-17,19,35H,12-15,18H2,1-3H3. The number of halogens is 3. The van der Waals surface area contributed by atoms with Crippen LogP contribution in [-0.2, 0) is 11.2 Å². The molecule has 1 fully saturated rings. The van der Waals surface area contributed by atoms with Crippen molar-refractivity contribution in [1.82, 2.24) is 20.1 Å². The van der Waals surface area contributed by atoms with Gasteiger partial charge in [-0.1, -0.05) is 53.7 Å². The first kappa shape index (κ1) is 30.3. The van der Waals surface area contributed by atoms with Crippen LogP contribution in [0.5, 0.6) is 5.75 Å². The van der Waals surface area contributed by atoms with Crippen LogP contribution in [-0.4, -0.2) is 57.6 Å². The van der Waals surface area contributed by atoms with E-state index in [0.717, 1.165) is 40.7 Å². The number of aromatic nitrogens is 3. The number of alkyl halides is 3. The first-order valence-electron chi connectivity index (χ1n) is 13.7. The molecule has 1 N–H and O–H groups in total. The van der Waals surface area contributed by atoms with Crippen LogP contribution in [0.3, 0.4) is 0 Å². The molecule has 43 heavy (non-hydrogen) atoms. The second-order valence-electron chi connectivity index (χ2n) is 10.2. The van der Waals surface area contributed by atoms with Crippen molar-refractivity contribution in [2.75, 3.05) is 30.3 Å². The summed E-state index contributed by atoms with van der Waals surface area (Å²) in [5.74, 6) is 0.879. The maximum atomic E-state index is 12.6. The van der Waals surface area contributed by atoms with Crippen LogP contribution in [0.15, 0.2) is 72.0 Å². The lowest BCUT2D eigenvalue weighted by atomic mass is 10.0. The number of anilines is 1. The van der Waals surface area contributed by atoms with E-state index in [2.05, 4.69) is 62.9 Å². The average molecular weight is 609 g/mol. The van der Waals surface area contributed by atoms with Gasteiger partial charge in [-0.3, -0.25) is 4.79 Å². The number of carbonyl (C=O) groups excluding carboxylic acids is 1. The molecule has 1 aliphatic heterocycles. The minimum Gasteiger partial charge on any atom is -0.406 e. The number of thioether (sulfide) groups is 1. The summed E-state index contributed by atoms with van der Waals surface area (Å²) in [5, 5.41) is 8.38. The van der Waals surface area contributed by atoms with Gasteiger partial charge in [-0.15, -0.1) is 18.3 Å². The Balaban J connectivity index is 1.11. The Labute approximate surface area is 252 Å². The molecule has 0 spiro atoms. The number of rotatable bonds is 9. The summed E-state index contributed by atoms with van der Waals surface area (Å²) in [6.07, 6.45) is -2.52. The predicted octanol–water partition coefficient (Wildman–Crippen LogP) is 6.03. The van der Waals surface area contributed by atoms with Crippen LogP contribution < -0.4 is 15.0 Å². The predicted molar refractivity (Wildman–Crippen MR) is 163 cm³/mol. The maximum absolute atomic E-state index is 12.6. The van der Waals surface area contributed by atoms with Crippen molar-refractivity contribution in [3.63, 3.8) is 0 Å². The van der Waals surface area contributed by atoms with Crippen LogP contribution in [0.1, 0.15) is 22.3 Å². The number of aliphatic imine (C=N–C) groups is 1. The van der Waals surface area contributed by atoms with E-state index in [1.807, 2.05) is 24.3 Å². The molecule has 0 bridgehead atoms. The number of hydrogen-bond donors (Lipinski definition) is 1. The van der Waals surface area contributed by atoms with Crippen LogP contribution in [0.25, 0.3) is 17.1 Å². The number of carbonyl (C=O) groups is 1. The van der Waals surface area contributed by atoms with Gasteiger partial charge in [-0.25, -0.2) is 9.67 Å². The fourth-order valence-electron chi connectivity index (χ4n) is 5.02. The van der Waals surface area contributed by atoms with Gasteiger partial charge < -0.3 is 15.0 Å². The lowest BCUT2D eigenvalue weighted by molar-refractivity contribution is -0.274. The summed E-state index contributed by atoms with van der Waals surface area (Å²) < 4.78 is 42.6. The van der Waals surface area contributed by atoms with E-state index in [4.69, 9.17) is 0 Å². The molecule has 3 aromatic carbocycles. The zero-order chi connectivity index (χ0) is 30.6. The lowest BCUT2D eigenvalue weighted by Gasteiger charge is -2.23. The van der Waals surface area contributed by atoms with Gasteiger partial charge in [0.25, 0.3) is 5.91 Å². The number of benzene rings is 3. The third kappa shape index (κ3) is 7.82. The molecule has 4 aromatic rings. The summed E-state index contributed by atoms with van der Waals surface area (Å²) >= 11 is 1.61. The molecule has 1 aromatic heterocycles. The molecule has 224 valence electrons. The van der Waals surface area contributed by atoms with Gasteiger partial charge in [0.2, 0.25) is 0 Å². The Morgan fingerprint density at radius 1 is 1.05 bits per heavy atom. The largest absolute Gasteiger partial charge is 0.573 e. The molecular formula is C31H31F3N6O2S. The molecule has 0 saturated carbocycles. The molecule has 8 nitrogen and oxygen atoms in total. The Hall–Kier alpha value is -4.16. The molecule has 0 unspecified atom stereocenters. The molecule has 0 atom stereocenters. The number of amides is 1. The first-order chi connectivity index (χ1) is 20.6. The summed E-state index contributed by atoms with van der Waals surface area (Å²) in [5.41, 5.74) is 7.15. The third-order valence-corrected chi connectivity index (χ3v) is 7.76. The first-order valence-corrected chi connectivity index (χ1v) is 14.7. The Morgan fingerprint density at radius 2 is 1.74 bits per heavy atom. The van der Waals surface area contributed by atoms with E-state index in [0.29, 0.717) is 18.1 Å². The Morgan fingerprint density at radius 3 is 2.42 bits per heavy atom. The Bertz CT molecular complexity index is 1590. The van der Waals surface area contributed by atoms with Crippen LogP contribution in [0, 0.1) is 20.8 Å². The van der Waals surface area contributed by atoms with Crippen molar-refractivity contribution in [1.29, 1.82) is 0 Å². The summed E-state index contributed by atoms with van der Waals surface area (Å²) in [6.45, 7) is 7.88. The summed E-state index contributed by atoms with van der Waals surface area (Å²) in [7, 11) is 0. The van der Waals surface area contributed by atoms with Crippen LogP contribution >= 0.6 is 11.8 Å². The molecule has 0 aliphatic carbocycles. The van der Waals surface area contributed by atoms with Crippen molar-refractivity contribution < 1.29 is 22.7 Å². The van der Waals surface area contributed by atoms with Crippen molar-refractivity contribution >= 4 is 28.5 Å². The van der Waals surface area contributed by atoms with Gasteiger partial charge in [0.1, 0.15) is 12.1 Å². The zero-order valence-corrected chi connectivity index (χ0v) is 24.8. The number of nitrogens with zero attached hydrogens (tertiary/aromatic N) is 5. The van der Waals surface area contributed by atoms with Crippen molar-refractivity contribution in [2.45, 2.75) is 33.6 Å². The Kier molecular flexibility index (Phi) is 9.16. The molecule has 2 heterocycles. The summed E-state index contributed by atoms with van der Waals surface area (Å²) in [6, 6.07) is 17.5. The van der Waals surface area contributed by atoms with Crippen molar-refractivity contribution in [3.05, 3.63) is 89.2 Å². The van der Waals surface area contributed by atoms with E-state index in [-0.39, 0.29) is 18.2 Å². The molecule has 5 rings (SSSR count). The topological polar surface area (TPSA) is 84.6 Å². The van der Waals surface area contributed by atoms with Gasteiger partial charge in [0, 0.05) is 23.5 Å². The molecule has 0 radical (unpaired) electrons. The van der Waals surface area contributed by atoms with Crippen LogP contribution in [0.4, 0.5) is 18.9 Å². The average Bonchev–Trinajstić information content (AvgIpc) is 3.61. The van der Waals surface area contributed by atoms with Crippen molar-refractivity contribution in [3.8, 4) is 22.8 Å². The number of ether oxygens (including phenoxy) is 1. The fourth-order valence-corrected chi connectivity index (χ4v) is 5.98. The molecule has 1 saturated heterocycles. The number of amidine groups is 1. The smallest absolute Gasteiger partial charge is 0.406 e. The molecule has 12 heteroatoms. The second kappa shape index (κ2) is 13.0. The highest BCUT2D eigenvalue weighted by atomic mass is 32.2. The van der Waals surface area contributed by atoms with E-state index < -0.39 is 6.36 Å². The van der Waals surface area contributed by atoms with E-state index in [9.17, 15) is 18.0 Å². The van der Waals surface area contributed by atoms with Gasteiger partial charge in [-0.2, -0.15) is 4.99 Å². The van der Waals surface area contributed by atoms with Crippen molar-refractivity contribution in [2.24, 2.45) is 4.99 Å². The monoisotopic (exact) mass is 608 g/mol. The minimum absolute atomic E-state index is 0.159. The fraction of sp³-hybridized carbons (Fsp3) is 0.290. The van der Waals surface area contributed by atoms with Gasteiger partial charge >= 0.3 is 6.36 Å². The maximum Gasteiger partial charge on any atom is 0.573 e. The normalized spacial score (nSPS) is 14.5. The minimum atomic E-state index is -4.74. The lowest BCUT2D eigenvalue weighted by Crippen LogP contribution is -2.29. The second-order valence-corrected chi connectivity index (χ2v) is 11.3. The van der Waals surface area contributed by atoms with Gasteiger partial charge in [-0.05, 0) is 74.7 Å². The van der Waals surface area contributed by atoms with E-state index in [1.165, 1.54) is 52.0 Å². The highest BCUT2D eigenvalue weighted by molar-refractivity contribution is 8.14. The highest BCUT2D eigenvalue weighted by Crippen LogP contribution is 2.32. The summed E-state index contributed by atoms with van der Waals surface area (Å²) in [4.78, 5) is 23.5. The van der Waals surface area contributed by atoms with Crippen LogP contribution in [0.2, 0.25) is 0 Å². The third-order valence-electron chi connectivity index (χ3n) is 6.81. The SMILES string of the molecule is Cc1cc(C)c(N2CCSC2=NC(=O)CNCCc2ccc(-c3ncn(-c4ccc(OC(F)(F)F)cc4)n3)cc2)c(C)c1. The highest BCUT2D eigenvalue weighted by Gasteiger charge is 2.31. The molecule has 1 amide bonds. The quantitative estimate of drug-likeness (QED) is 0.233. The van der Waals surface area contributed by atoms with Gasteiger partial charge in [0.15, 0.2) is 11.0 Å². The number of nitrogens with one attached hydrogen (secondary N) is 1. The van der Waals surface area contributed by atoms with E-state index >= 15 is 0 Å². The number of hydrogen-bond acceptors (Lipinski definition) is 6. The van der Waals surface area contributed by atoms with E-state index in [1.54, 1.807) is 11.8 Å². The molecular weight excluding hydrogens is 577 g/mol. The molecule has 1 aliphatic rings. The zero-order valence-electron chi connectivity index (χ0n) is 24.0.